The number of anilines is 1. The molecule has 28 heavy (non-hydrogen) atoms. The number of hydrogen-bond acceptors (Lipinski definition) is 5. The van der Waals surface area contributed by atoms with Gasteiger partial charge in [-0.25, -0.2) is 13.1 Å². The third-order valence-corrected chi connectivity index (χ3v) is 7.21. The molecule has 0 aromatic heterocycles. The third-order valence-electron chi connectivity index (χ3n) is 4.52. The number of nitrogens with zero attached hydrogens (tertiary/aromatic N) is 1. The lowest BCUT2D eigenvalue weighted by Crippen LogP contribution is -2.32. The maximum atomic E-state index is 12.8. The molecule has 2 N–H and O–H groups in total. The number of thioether (sulfide) groups is 1. The average molecular weight is 440 g/mol. The molecule has 0 saturated carbocycles. The van der Waals surface area contributed by atoms with Crippen LogP contribution in [0.2, 0.25) is 5.02 Å². The first kappa shape index (κ1) is 21.1. The molecule has 2 aromatic carbocycles. The lowest BCUT2D eigenvalue weighted by molar-refractivity contribution is 0.102. The van der Waals surface area contributed by atoms with Gasteiger partial charge < -0.3 is 5.32 Å². The number of para-hydroxylation sites is 1. The van der Waals surface area contributed by atoms with Gasteiger partial charge in [-0.3, -0.25) is 9.69 Å². The van der Waals surface area contributed by atoms with Gasteiger partial charge in [0.25, 0.3) is 5.91 Å². The molecule has 0 aliphatic carbocycles. The van der Waals surface area contributed by atoms with Gasteiger partial charge in [-0.05, 0) is 36.9 Å². The Balaban J connectivity index is 1.83. The van der Waals surface area contributed by atoms with E-state index in [1.807, 2.05) is 36.0 Å². The Hall–Kier alpha value is -1.58. The van der Waals surface area contributed by atoms with Crippen LogP contribution < -0.4 is 10.0 Å². The van der Waals surface area contributed by atoms with Crippen LogP contribution in [0.15, 0.2) is 47.4 Å². The molecule has 9 heteroatoms. The molecular weight excluding hydrogens is 418 g/mol. The number of sulfonamides is 1. The first-order valence-electron chi connectivity index (χ1n) is 8.83. The minimum absolute atomic E-state index is 0.0105. The zero-order chi connectivity index (χ0) is 20.1. The van der Waals surface area contributed by atoms with Gasteiger partial charge in [0.2, 0.25) is 10.0 Å². The van der Waals surface area contributed by atoms with Crippen LogP contribution in [-0.2, 0) is 16.6 Å². The predicted octanol–water partition coefficient (Wildman–Crippen LogP) is 3.05. The number of hydrogen-bond donors (Lipinski definition) is 2. The summed E-state index contributed by atoms with van der Waals surface area (Å²) in [4.78, 5) is 15.2. The Kier molecular flexibility index (Phi) is 7.00. The molecule has 1 fully saturated rings. The van der Waals surface area contributed by atoms with E-state index in [4.69, 9.17) is 11.6 Å². The fraction of sp³-hybridized carbons (Fsp3) is 0.316. The Labute approximate surface area is 174 Å². The van der Waals surface area contributed by atoms with Gasteiger partial charge in [-0.2, -0.15) is 11.8 Å². The van der Waals surface area contributed by atoms with E-state index in [-0.39, 0.29) is 15.5 Å². The number of rotatable bonds is 6. The summed E-state index contributed by atoms with van der Waals surface area (Å²) in [5, 5.41) is 3.08. The van der Waals surface area contributed by atoms with Gasteiger partial charge in [-0.1, -0.05) is 29.8 Å². The molecule has 6 nitrogen and oxygen atoms in total. The molecule has 0 bridgehead atoms. The summed E-state index contributed by atoms with van der Waals surface area (Å²) in [6.07, 6.45) is 0. The van der Waals surface area contributed by atoms with Crippen molar-refractivity contribution in [3.63, 3.8) is 0 Å². The van der Waals surface area contributed by atoms with E-state index in [2.05, 4.69) is 14.9 Å². The molecule has 1 heterocycles. The number of amides is 1. The molecule has 1 amide bonds. The average Bonchev–Trinajstić information content (AvgIpc) is 2.70. The Bertz CT molecular complexity index is 961. The number of carbonyl (C=O) groups is 1. The van der Waals surface area contributed by atoms with E-state index in [9.17, 15) is 13.2 Å². The highest BCUT2D eigenvalue weighted by Crippen LogP contribution is 2.24. The third kappa shape index (κ3) is 5.07. The summed E-state index contributed by atoms with van der Waals surface area (Å²) in [7, 11) is -2.35. The first-order valence-corrected chi connectivity index (χ1v) is 11.8. The Morgan fingerprint density at radius 2 is 1.89 bits per heavy atom. The zero-order valence-corrected chi connectivity index (χ0v) is 17.8. The molecule has 0 radical (unpaired) electrons. The Morgan fingerprint density at radius 1 is 1.18 bits per heavy atom. The normalized spacial score (nSPS) is 15.4. The van der Waals surface area contributed by atoms with Crippen molar-refractivity contribution >= 4 is 45.0 Å². The maximum absolute atomic E-state index is 12.8. The number of halogens is 1. The SMILES string of the molecule is CNS(=O)(=O)c1ccc(Cl)c(C(=O)Nc2ccccc2CN2CCSCC2)c1. The van der Waals surface area contributed by atoms with Gasteiger partial charge >= 0.3 is 0 Å². The molecule has 150 valence electrons. The molecule has 2 aromatic rings. The van der Waals surface area contributed by atoms with Crippen LogP contribution in [0.5, 0.6) is 0 Å². The van der Waals surface area contributed by atoms with Gasteiger partial charge in [0.05, 0.1) is 15.5 Å². The maximum Gasteiger partial charge on any atom is 0.257 e. The summed E-state index contributed by atoms with van der Waals surface area (Å²) >= 11 is 8.11. The minimum atomic E-state index is -3.67. The molecule has 0 spiro atoms. The van der Waals surface area contributed by atoms with E-state index in [0.717, 1.165) is 36.7 Å². The molecule has 0 atom stereocenters. The number of nitrogens with one attached hydrogen (secondary N) is 2. The fourth-order valence-electron chi connectivity index (χ4n) is 2.93. The topological polar surface area (TPSA) is 78.5 Å². The zero-order valence-electron chi connectivity index (χ0n) is 15.4. The summed E-state index contributed by atoms with van der Waals surface area (Å²) in [5.41, 5.74) is 1.82. The van der Waals surface area contributed by atoms with Crippen molar-refractivity contribution < 1.29 is 13.2 Å². The molecular formula is C19H22ClN3O3S2. The standard InChI is InChI=1S/C19H22ClN3O3S2/c1-21-28(25,26)15-6-7-17(20)16(12-15)19(24)22-18-5-3-2-4-14(18)13-23-8-10-27-11-9-23/h2-7,12,21H,8-11,13H2,1H3,(H,22,24). The highest BCUT2D eigenvalue weighted by molar-refractivity contribution is 7.99. The summed E-state index contributed by atoms with van der Waals surface area (Å²) in [6, 6.07) is 11.7. The molecule has 1 aliphatic heterocycles. The van der Waals surface area contributed by atoms with Crippen LogP contribution in [0, 0.1) is 0 Å². The van der Waals surface area contributed by atoms with Gasteiger partial charge in [-0.15, -0.1) is 0 Å². The van der Waals surface area contributed by atoms with E-state index >= 15 is 0 Å². The highest BCUT2D eigenvalue weighted by atomic mass is 35.5. The second kappa shape index (κ2) is 9.28. The van der Waals surface area contributed by atoms with Crippen LogP contribution in [0.3, 0.4) is 0 Å². The van der Waals surface area contributed by atoms with Crippen molar-refractivity contribution in [2.24, 2.45) is 0 Å². The van der Waals surface area contributed by atoms with Gasteiger partial charge in [0, 0.05) is 36.8 Å². The summed E-state index contributed by atoms with van der Waals surface area (Å²) in [5.74, 6) is 1.77. The molecule has 1 aliphatic rings. The Morgan fingerprint density at radius 3 is 2.61 bits per heavy atom. The van der Waals surface area contributed by atoms with Crippen molar-refractivity contribution in [1.82, 2.24) is 9.62 Å². The fourth-order valence-corrected chi connectivity index (χ4v) is 4.87. The molecule has 0 unspecified atom stereocenters. The van der Waals surface area contributed by atoms with E-state index in [0.29, 0.717) is 5.69 Å². The molecule has 1 saturated heterocycles. The summed E-state index contributed by atoms with van der Waals surface area (Å²) < 4.78 is 26.3. The lowest BCUT2D eigenvalue weighted by atomic mass is 10.1. The smallest absolute Gasteiger partial charge is 0.257 e. The first-order chi connectivity index (χ1) is 13.4. The lowest BCUT2D eigenvalue weighted by Gasteiger charge is -2.27. The summed E-state index contributed by atoms with van der Waals surface area (Å²) in [6.45, 7) is 2.78. The van der Waals surface area contributed by atoms with Crippen molar-refractivity contribution in [2.75, 3.05) is 37.0 Å². The van der Waals surface area contributed by atoms with Crippen molar-refractivity contribution in [1.29, 1.82) is 0 Å². The second-order valence-electron chi connectivity index (χ2n) is 6.35. The predicted molar refractivity (Wildman–Crippen MR) is 115 cm³/mol. The number of carbonyl (C=O) groups excluding carboxylic acids is 1. The van der Waals surface area contributed by atoms with Gasteiger partial charge in [0.1, 0.15) is 0 Å². The van der Waals surface area contributed by atoms with Gasteiger partial charge in [0.15, 0.2) is 0 Å². The quantitative estimate of drug-likeness (QED) is 0.723. The highest BCUT2D eigenvalue weighted by Gasteiger charge is 2.19. The second-order valence-corrected chi connectivity index (χ2v) is 9.87. The minimum Gasteiger partial charge on any atom is -0.322 e. The van der Waals surface area contributed by atoms with Crippen molar-refractivity contribution in [3.8, 4) is 0 Å². The van der Waals surface area contributed by atoms with Crippen LogP contribution >= 0.6 is 23.4 Å². The van der Waals surface area contributed by atoms with E-state index in [1.165, 1.54) is 25.2 Å². The number of benzene rings is 2. The van der Waals surface area contributed by atoms with E-state index in [1.54, 1.807) is 0 Å². The van der Waals surface area contributed by atoms with Crippen LogP contribution in [0.4, 0.5) is 5.69 Å². The van der Waals surface area contributed by atoms with Crippen LogP contribution in [0.1, 0.15) is 15.9 Å². The van der Waals surface area contributed by atoms with Crippen LogP contribution in [0.25, 0.3) is 0 Å². The van der Waals surface area contributed by atoms with Crippen LogP contribution in [-0.4, -0.2) is 50.9 Å². The van der Waals surface area contributed by atoms with Crippen molar-refractivity contribution in [2.45, 2.75) is 11.4 Å². The van der Waals surface area contributed by atoms with Crippen molar-refractivity contribution in [3.05, 3.63) is 58.6 Å². The molecule has 3 rings (SSSR count). The largest absolute Gasteiger partial charge is 0.322 e. The monoisotopic (exact) mass is 439 g/mol. The van der Waals surface area contributed by atoms with E-state index < -0.39 is 15.9 Å².